The van der Waals surface area contributed by atoms with E-state index in [4.69, 9.17) is 5.11 Å². The van der Waals surface area contributed by atoms with Crippen LogP contribution in [0.25, 0.3) is 5.57 Å². The van der Waals surface area contributed by atoms with Crippen LogP contribution in [0.2, 0.25) is 0 Å². The maximum atomic E-state index is 10.8. The highest BCUT2D eigenvalue weighted by atomic mass is 16.4. The van der Waals surface area contributed by atoms with Crippen molar-refractivity contribution in [3.8, 4) is 0 Å². The maximum Gasteiger partial charge on any atom is 0.354 e. The van der Waals surface area contributed by atoms with Gasteiger partial charge in [0, 0.05) is 7.05 Å². The van der Waals surface area contributed by atoms with Crippen LogP contribution >= 0.6 is 0 Å². The van der Waals surface area contributed by atoms with Crippen molar-refractivity contribution in [2.75, 3.05) is 0 Å². The topological polar surface area (TPSA) is 55.1 Å². The van der Waals surface area contributed by atoms with Gasteiger partial charge in [-0.15, -0.1) is 0 Å². The lowest BCUT2D eigenvalue weighted by molar-refractivity contribution is 0.0685. The first-order chi connectivity index (χ1) is 7.18. The summed E-state index contributed by atoms with van der Waals surface area (Å²) in [6, 6.07) is 1.62. The SMILES string of the molecule is Cn1nc(C2=CC=CCC2)cc1C(=O)O. The molecule has 0 bridgehead atoms. The van der Waals surface area contributed by atoms with Crippen LogP contribution in [0.4, 0.5) is 0 Å². The minimum atomic E-state index is -0.941. The van der Waals surface area contributed by atoms with Crippen molar-refractivity contribution < 1.29 is 9.90 Å². The van der Waals surface area contributed by atoms with Crippen molar-refractivity contribution in [1.29, 1.82) is 0 Å². The number of aryl methyl sites for hydroxylation is 1. The van der Waals surface area contributed by atoms with Gasteiger partial charge < -0.3 is 5.11 Å². The number of carboxylic acid groups (broad SMARTS) is 1. The molecule has 1 heterocycles. The third-order valence-corrected chi connectivity index (χ3v) is 2.44. The number of rotatable bonds is 2. The molecule has 1 aliphatic rings. The van der Waals surface area contributed by atoms with Crippen molar-refractivity contribution in [2.45, 2.75) is 12.8 Å². The molecule has 15 heavy (non-hydrogen) atoms. The fourth-order valence-corrected chi connectivity index (χ4v) is 1.64. The fourth-order valence-electron chi connectivity index (χ4n) is 1.64. The average Bonchev–Trinajstić information content (AvgIpc) is 2.62. The van der Waals surface area contributed by atoms with Crippen LogP contribution in [0, 0.1) is 0 Å². The summed E-state index contributed by atoms with van der Waals surface area (Å²) in [5.41, 5.74) is 2.08. The molecule has 1 aliphatic carbocycles. The Morgan fingerprint density at radius 1 is 1.60 bits per heavy atom. The van der Waals surface area contributed by atoms with Crippen LogP contribution in [-0.4, -0.2) is 20.9 Å². The van der Waals surface area contributed by atoms with Gasteiger partial charge in [-0.1, -0.05) is 18.2 Å². The highest BCUT2D eigenvalue weighted by molar-refractivity contribution is 5.87. The van der Waals surface area contributed by atoms with E-state index < -0.39 is 5.97 Å². The van der Waals surface area contributed by atoms with Crippen molar-refractivity contribution >= 4 is 11.5 Å². The molecular weight excluding hydrogens is 192 g/mol. The number of allylic oxidation sites excluding steroid dienone is 4. The molecule has 0 aliphatic heterocycles. The van der Waals surface area contributed by atoms with E-state index in [0.29, 0.717) is 0 Å². The summed E-state index contributed by atoms with van der Waals surface area (Å²) in [7, 11) is 1.65. The molecule has 0 saturated heterocycles. The molecule has 2 rings (SSSR count). The summed E-state index contributed by atoms with van der Waals surface area (Å²) in [6.07, 6.45) is 7.97. The first-order valence-corrected chi connectivity index (χ1v) is 4.82. The summed E-state index contributed by atoms with van der Waals surface area (Å²) in [6.45, 7) is 0. The predicted octanol–water partition coefficient (Wildman–Crippen LogP) is 1.85. The van der Waals surface area contributed by atoms with E-state index in [-0.39, 0.29) is 5.69 Å². The second-order valence-electron chi connectivity index (χ2n) is 3.50. The zero-order chi connectivity index (χ0) is 10.8. The Morgan fingerprint density at radius 3 is 2.93 bits per heavy atom. The summed E-state index contributed by atoms with van der Waals surface area (Å²) in [4.78, 5) is 10.8. The van der Waals surface area contributed by atoms with Gasteiger partial charge in [0.25, 0.3) is 0 Å². The molecular formula is C11H12N2O2. The van der Waals surface area contributed by atoms with Gasteiger partial charge >= 0.3 is 5.97 Å². The second-order valence-corrected chi connectivity index (χ2v) is 3.50. The molecule has 0 atom stereocenters. The Morgan fingerprint density at radius 2 is 2.40 bits per heavy atom. The largest absolute Gasteiger partial charge is 0.477 e. The van der Waals surface area contributed by atoms with Gasteiger partial charge in [-0.3, -0.25) is 4.68 Å². The minimum Gasteiger partial charge on any atom is -0.477 e. The van der Waals surface area contributed by atoms with Gasteiger partial charge in [0.1, 0.15) is 5.69 Å². The van der Waals surface area contributed by atoms with E-state index in [1.165, 1.54) is 4.68 Å². The Hall–Kier alpha value is -1.84. The van der Waals surface area contributed by atoms with Crippen molar-refractivity contribution in [2.24, 2.45) is 7.05 Å². The molecule has 4 heteroatoms. The van der Waals surface area contributed by atoms with Crippen LogP contribution < -0.4 is 0 Å². The highest BCUT2D eigenvalue weighted by Gasteiger charge is 2.14. The lowest BCUT2D eigenvalue weighted by Gasteiger charge is -2.04. The smallest absolute Gasteiger partial charge is 0.354 e. The van der Waals surface area contributed by atoms with Crippen LogP contribution in [0.15, 0.2) is 24.3 Å². The van der Waals surface area contributed by atoms with E-state index in [2.05, 4.69) is 11.2 Å². The quantitative estimate of drug-likeness (QED) is 0.799. The highest BCUT2D eigenvalue weighted by Crippen LogP contribution is 2.22. The van der Waals surface area contributed by atoms with E-state index in [1.807, 2.05) is 12.2 Å². The Labute approximate surface area is 87.5 Å². The summed E-state index contributed by atoms with van der Waals surface area (Å²) < 4.78 is 1.40. The monoisotopic (exact) mass is 204 g/mol. The molecule has 0 amide bonds. The number of carbonyl (C=O) groups is 1. The first kappa shape index (κ1) is 9.71. The molecule has 0 fully saturated rings. The van der Waals surface area contributed by atoms with E-state index in [1.54, 1.807) is 13.1 Å². The van der Waals surface area contributed by atoms with Crippen LogP contribution in [0.5, 0.6) is 0 Å². The molecule has 0 saturated carbocycles. The molecule has 1 N–H and O–H groups in total. The normalized spacial score (nSPS) is 15.1. The Kier molecular flexibility index (Phi) is 2.41. The summed E-state index contributed by atoms with van der Waals surface area (Å²) >= 11 is 0. The van der Waals surface area contributed by atoms with Crippen LogP contribution in [0.3, 0.4) is 0 Å². The molecule has 78 valence electrons. The zero-order valence-electron chi connectivity index (χ0n) is 8.47. The van der Waals surface area contributed by atoms with Crippen LogP contribution in [-0.2, 0) is 7.05 Å². The van der Waals surface area contributed by atoms with Crippen molar-refractivity contribution in [1.82, 2.24) is 9.78 Å². The molecule has 0 aromatic carbocycles. The molecule has 1 aromatic rings. The van der Waals surface area contributed by atoms with Crippen molar-refractivity contribution in [3.63, 3.8) is 0 Å². The van der Waals surface area contributed by atoms with Gasteiger partial charge in [0.05, 0.1) is 5.69 Å². The third kappa shape index (κ3) is 1.83. The predicted molar refractivity (Wildman–Crippen MR) is 56.5 cm³/mol. The average molecular weight is 204 g/mol. The number of aromatic carboxylic acids is 1. The number of carboxylic acids is 1. The molecule has 0 spiro atoms. The van der Waals surface area contributed by atoms with Gasteiger partial charge in [-0.25, -0.2) is 4.79 Å². The van der Waals surface area contributed by atoms with E-state index in [9.17, 15) is 4.79 Å². The molecule has 1 aromatic heterocycles. The Balaban J connectivity index is 2.37. The third-order valence-electron chi connectivity index (χ3n) is 2.44. The maximum absolute atomic E-state index is 10.8. The fraction of sp³-hybridized carbons (Fsp3) is 0.273. The summed E-state index contributed by atoms with van der Waals surface area (Å²) in [5.74, 6) is -0.941. The lowest BCUT2D eigenvalue weighted by Crippen LogP contribution is -2.04. The van der Waals surface area contributed by atoms with E-state index >= 15 is 0 Å². The van der Waals surface area contributed by atoms with Crippen LogP contribution in [0.1, 0.15) is 29.0 Å². The first-order valence-electron chi connectivity index (χ1n) is 4.82. The summed E-state index contributed by atoms with van der Waals surface area (Å²) in [5, 5.41) is 13.1. The number of hydrogen-bond acceptors (Lipinski definition) is 2. The van der Waals surface area contributed by atoms with Gasteiger partial charge in [-0.05, 0) is 24.5 Å². The molecule has 4 nitrogen and oxygen atoms in total. The number of aromatic nitrogens is 2. The standard InChI is InChI=1S/C11H12N2O2/c1-13-10(11(14)15)7-9(12-13)8-5-3-2-4-6-8/h2-3,5,7H,4,6H2,1H3,(H,14,15). The second kappa shape index (κ2) is 3.73. The van der Waals surface area contributed by atoms with Crippen molar-refractivity contribution in [3.05, 3.63) is 35.7 Å². The van der Waals surface area contributed by atoms with E-state index in [0.717, 1.165) is 24.1 Å². The molecule has 0 unspecified atom stereocenters. The van der Waals surface area contributed by atoms with Gasteiger partial charge in [0.2, 0.25) is 0 Å². The number of nitrogens with zero attached hydrogens (tertiary/aromatic N) is 2. The molecule has 0 radical (unpaired) electrons. The zero-order valence-corrected chi connectivity index (χ0v) is 8.47. The minimum absolute atomic E-state index is 0.223. The Bertz CT molecular complexity index is 455. The lowest BCUT2D eigenvalue weighted by atomic mass is 10.0. The van der Waals surface area contributed by atoms with Gasteiger partial charge in [0.15, 0.2) is 0 Å². The van der Waals surface area contributed by atoms with Gasteiger partial charge in [-0.2, -0.15) is 5.10 Å². The number of hydrogen-bond donors (Lipinski definition) is 1.